The van der Waals surface area contributed by atoms with E-state index in [1.54, 1.807) is 12.4 Å². The van der Waals surface area contributed by atoms with Gasteiger partial charge in [-0.1, -0.05) is 17.7 Å². The molecule has 152 valence electrons. The Balaban J connectivity index is 1.51. The van der Waals surface area contributed by atoms with Crippen molar-refractivity contribution in [2.45, 2.75) is 18.9 Å². The zero-order valence-electron chi connectivity index (χ0n) is 16.6. The number of halogens is 1. The van der Waals surface area contributed by atoms with E-state index < -0.39 is 0 Å². The molecule has 0 saturated carbocycles. The molecule has 0 amide bonds. The van der Waals surface area contributed by atoms with Crippen LogP contribution in [0.2, 0.25) is 5.02 Å². The molecule has 1 aliphatic heterocycles. The molecule has 0 aliphatic carbocycles. The molecule has 3 aromatic rings. The average molecular weight is 413 g/mol. The average Bonchev–Trinajstić information content (AvgIpc) is 3.18. The summed E-state index contributed by atoms with van der Waals surface area (Å²) in [5.41, 5.74) is 8.32. The van der Waals surface area contributed by atoms with E-state index in [0.717, 1.165) is 37.3 Å². The van der Waals surface area contributed by atoms with Crippen LogP contribution in [-0.2, 0) is 0 Å². The number of nitrogens with two attached hydrogens (primary N) is 1. The maximum Gasteiger partial charge on any atom is 0.229 e. The fourth-order valence-corrected chi connectivity index (χ4v) is 3.72. The van der Waals surface area contributed by atoms with Crippen LogP contribution in [0.3, 0.4) is 0 Å². The van der Waals surface area contributed by atoms with Crippen LogP contribution in [-0.4, -0.2) is 51.8 Å². The summed E-state index contributed by atoms with van der Waals surface area (Å²) < 4.78 is 2.03. The normalized spacial score (nSPS) is 15.4. The summed E-state index contributed by atoms with van der Waals surface area (Å²) in [5, 5.41) is 8.22. The van der Waals surface area contributed by atoms with Crippen molar-refractivity contribution in [1.29, 1.82) is 0 Å². The van der Waals surface area contributed by atoms with Gasteiger partial charge in [0.25, 0.3) is 0 Å². The van der Waals surface area contributed by atoms with Crippen LogP contribution in [0.25, 0.3) is 0 Å². The number of nitrogens with zero attached hydrogens (tertiary/aromatic N) is 6. The first-order chi connectivity index (χ1) is 14.0. The Labute approximate surface area is 175 Å². The second-order valence-corrected chi connectivity index (χ2v) is 7.79. The smallest absolute Gasteiger partial charge is 0.229 e. The number of benzene rings is 1. The summed E-state index contributed by atoms with van der Waals surface area (Å²) in [6.45, 7) is 2.18. The highest BCUT2D eigenvalue weighted by molar-refractivity contribution is 6.33. The lowest BCUT2D eigenvalue weighted by atomic mass is 10.1. The first-order valence-electron chi connectivity index (χ1n) is 9.61. The van der Waals surface area contributed by atoms with Crippen molar-refractivity contribution in [3.05, 3.63) is 47.9 Å². The molecule has 4 rings (SSSR count). The van der Waals surface area contributed by atoms with Crippen molar-refractivity contribution in [3.8, 4) is 0 Å². The Hall–Kier alpha value is -2.84. The Kier molecular flexibility index (Phi) is 5.55. The van der Waals surface area contributed by atoms with E-state index >= 15 is 0 Å². The molecule has 0 spiro atoms. The Bertz CT molecular complexity index is 980. The van der Waals surface area contributed by atoms with Crippen molar-refractivity contribution in [1.82, 2.24) is 24.6 Å². The maximum atomic E-state index is 6.36. The molecule has 1 fully saturated rings. The quantitative estimate of drug-likeness (QED) is 0.618. The molecule has 1 saturated heterocycles. The molecule has 0 unspecified atom stereocenters. The minimum Gasteiger partial charge on any atom is -0.399 e. The predicted octanol–water partition coefficient (Wildman–Crippen LogP) is 3.69. The van der Waals surface area contributed by atoms with Crippen LogP contribution in [0.5, 0.6) is 0 Å². The van der Waals surface area contributed by atoms with Crippen LogP contribution >= 0.6 is 11.6 Å². The fraction of sp³-hybridized carbons (Fsp3) is 0.350. The highest BCUT2D eigenvalue weighted by Crippen LogP contribution is 2.30. The maximum absolute atomic E-state index is 6.36. The van der Waals surface area contributed by atoms with Crippen LogP contribution in [0, 0.1) is 0 Å². The highest BCUT2D eigenvalue weighted by atomic mass is 35.5. The Morgan fingerprint density at radius 3 is 2.79 bits per heavy atom. The first kappa shape index (κ1) is 19.5. The molecular weight excluding hydrogens is 388 g/mol. The number of nitrogen functional groups attached to an aromatic ring is 1. The number of nitrogens with one attached hydrogen (secondary N) is 1. The lowest BCUT2D eigenvalue weighted by molar-refractivity contribution is 0.212. The summed E-state index contributed by atoms with van der Waals surface area (Å²) in [6, 6.07) is 7.99. The first-order valence-corrected chi connectivity index (χ1v) is 9.99. The van der Waals surface area contributed by atoms with Gasteiger partial charge in [-0.25, -0.2) is 4.98 Å². The zero-order chi connectivity index (χ0) is 20.4. The molecule has 8 nitrogen and oxygen atoms in total. The SMILES string of the molecule is CN1CCC(n2cc(Nc3ncc(Cl)c(N(C)c4cccc(N)c4)n3)cn2)CC1. The summed E-state index contributed by atoms with van der Waals surface area (Å²) in [4.78, 5) is 13.1. The molecule has 3 N–H and O–H groups in total. The topological polar surface area (TPSA) is 88.1 Å². The van der Waals surface area contributed by atoms with Crippen molar-refractivity contribution >= 4 is 40.4 Å². The van der Waals surface area contributed by atoms with Gasteiger partial charge in [0.15, 0.2) is 5.82 Å². The highest BCUT2D eigenvalue weighted by Gasteiger charge is 2.19. The van der Waals surface area contributed by atoms with Crippen molar-refractivity contribution < 1.29 is 0 Å². The number of hydrogen-bond acceptors (Lipinski definition) is 7. The summed E-state index contributed by atoms with van der Waals surface area (Å²) in [7, 11) is 4.05. The second-order valence-electron chi connectivity index (χ2n) is 7.39. The second kappa shape index (κ2) is 8.26. The van der Waals surface area contributed by atoms with Gasteiger partial charge in [-0.3, -0.25) is 4.68 Å². The number of anilines is 5. The zero-order valence-corrected chi connectivity index (χ0v) is 17.3. The van der Waals surface area contributed by atoms with Gasteiger partial charge in [0.1, 0.15) is 5.02 Å². The molecule has 0 bridgehead atoms. The van der Waals surface area contributed by atoms with Crippen LogP contribution in [0.4, 0.5) is 28.8 Å². The van der Waals surface area contributed by atoms with Gasteiger partial charge < -0.3 is 20.9 Å². The number of rotatable bonds is 5. The molecule has 1 aliphatic rings. The Morgan fingerprint density at radius 2 is 2.03 bits per heavy atom. The van der Waals surface area contributed by atoms with Crippen LogP contribution < -0.4 is 16.0 Å². The van der Waals surface area contributed by atoms with Crippen LogP contribution in [0.15, 0.2) is 42.9 Å². The molecule has 0 radical (unpaired) electrons. The van der Waals surface area contributed by atoms with Gasteiger partial charge in [0, 0.05) is 24.6 Å². The molecule has 0 atom stereocenters. The predicted molar refractivity (Wildman–Crippen MR) is 117 cm³/mol. The van der Waals surface area contributed by atoms with Gasteiger partial charge in [-0.05, 0) is 51.2 Å². The molecule has 9 heteroatoms. The lowest BCUT2D eigenvalue weighted by Crippen LogP contribution is -2.31. The summed E-state index contributed by atoms with van der Waals surface area (Å²) in [5.74, 6) is 1.06. The molecule has 1 aromatic carbocycles. The van der Waals surface area contributed by atoms with E-state index in [0.29, 0.717) is 28.5 Å². The minimum atomic E-state index is 0.429. The van der Waals surface area contributed by atoms with Crippen molar-refractivity contribution in [2.75, 3.05) is 43.1 Å². The standard InChI is InChI=1S/C20H25ClN8/c1-27-8-6-16(7-9-27)29-13-15(11-24-29)25-20-23-12-18(21)19(26-20)28(2)17-5-3-4-14(22)10-17/h3-5,10-13,16H,6-9,22H2,1-2H3,(H,23,25,26). The van der Waals surface area contributed by atoms with E-state index in [1.165, 1.54) is 0 Å². The molecule has 29 heavy (non-hydrogen) atoms. The van der Waals surface area contributed by atoms with Crippen LogP contribution in [0.1, 0.15) is 18.9 Å². The van der Waals surface area contributed by atoms with E-state index in [-0.39, 0.29) is 0 Å². The minimum absolute atomic E-state index is 0.429. The van der Waals surface area contributed by atoms with Gasteiger partial charge in [-0.2, -0.15) is 10.1 Å². The molecule has 3 heterocycles. The number of piperidine rings is 1. The third-order valence-electron chi connectivity index (χ3n) is 5.22. The van der Waals surface area contributed by atoms with Crippen molar-refractivity contribution in [3.63, 3.8) is 0 Å². The van der Waals surface area contributed by atoms with Gasteiger partial charge >= 0.3 is 0 Å². The van der Waals surface area contributed by atoms with Gasteiger partial charge in [0.2, 0.25) is 5.95 Å². The van der Waals surface area contributed by atoms with E-state index in [9.17, 15) is 0 Å². The molecule has 2 aromatic heterocycles. The van der Waals surface area contributed by atoms with E-state index in [4.69, 9.17) is 17.3 Å². The summed E-state index contributed by atoms with van der Waals surface area (Å²) >= 11 is 6.36. The number of hydrogen-bond donors (Lipinski definition) is 2. The van der Waals surface area contributed by atoms with E-state index in [2.05, 4.69) is 32.3 Å². The van der Waals surface area contributed by atoms with Gasteiger partial charge in [0.05, 0.1) is 24.1 Å². The number of aromatic nitrogens is 4. The fourth-order valence-electron chi connectivity index (χ4n) is 3.50. The van der Waals surface area contributed by atoms with Crippen molar-refractivity contribution in [2.24, 2.45) is 0 Å². The monoisotopic (exact) mass is 412 g/mol. The Morgan fingerprint density at radius 1 is 1.24 bits per heavy atom. The molecular formula is C20H25ClN8. The number of likely N-dealkylation sites (tertiary alicyclic amines) is 1. The third kappa shape index (κ3) is 4.44. The van der Waals surface area contributed by atoms with Gasteiger partial charge in [-0.15, -0.1) is 0 Å². The van der Waals surface area contributed by atoms with E-state index in [1.807, 2.05) is 47.1 Å². The lowest BCUT2D eigenvalue weighted by Gasteiger charge is -2.28. The summed E-state index contributed by atoms with van der Waals surface area (Å²) in [6.07, 6.45) is 7.61. The largest absolute Gasteiger partial charge is 0.399 e. The third-order valence-corrected chi connectivity index (χ3v) is 5.49.